The van der Waals surface area contributed by atoms with Gasteiger partial charge in [0.1, 0.15) is 11.9 Å². The van der Waals surface area contributed by atoms with E-state index < -0.39 is 29.5 Å². The van der Waals surface area contributed by atoms with Crippen LogP contribution < -0.4 is 0 Å². The standard InChI is InChI=1S/C39H39F4N3O2/c1-2-29-13-15-33(16-14-29)28-46(37(47)20-18-31-17-19-34(35(40)25-31)39(41,42)43)36(26-30-9-5-3-6-10-30)38(48)45-23-21-44(22-24-45)27-32-11-7-4-8-12-32/h3-20,25,36H,2,21-24,26-28H2,1H3/b20-18+/t36-/m0/s1. The van der Waals surface area contributed by atoms with E-state index in [2.05, 4.69) is 17.0 Å². The normalized spacial score (nSPS) is 14.6. The number of halogens is 4. The summed E-state index contributed by atoms with van der Waals surface area (Å²) in [6, 6.07) is 29.1. The van der Waals surface area contributed by atoms with Crippen LogP contribution in [0.2, 0.25) is 0 Å². The third-order valence-corrected chi connectivity index (χ3v) is 8.65. The first kappa shape index (κ1) is 34.6. The number of rotatable bonds is 11. The van der Waals surface area contributed by atoms with Gasteiger partial charge in [0.2, 0.25) is 11.8 Å². The highest BCUT2D eigenvalue weighted by Crippen LogP contribution is 2.32. The van der Waals surface area contributed by atoms with Gasteiger partial charge in [0, 0.05) is 51.8 Å². The van der Waals surface area contributed by atoms with Gasteiger partial charge >= 0.3 is 6.18 Å². The van der Waals surface area contributed by atoms with Gasteiger partial charge in [-0.2, -0.15) is 13.2 Å². The summed E-state index contributed by atoms with van der Waals surface area (Å²) in [4.78, 5) is 34.0. The zero-order chi connectivity index (χ0) is 34.1. The minimum atomic E-state index is -4.83. The molecule has 4 aromatic rings. The molecule has 1 atom stereocenters. The zero-order valence-electron chi connectivity index (χ0n) is 26.9. The first-order valence-electron chi connectivity index (χ1n) is 16.1. The summed E-state index contributed by atoms with van der Waals surface area (Å²) in [5, 5.41) is 0. The molecule has 1 heterocycles. The van der Waals surface area contributed by atoms with Crippen LogP contribution in [0.15, 0.2) is 109 Å². The van der Waals surface area contributed by atoms with Crippen molar-refractivity contribution < 1.29 is 27.2 Å². The van der Waals surface area contributed by atoms with E-state index in [1.54, 1.807) is 0 Å². The molecule has 5 nitrogen and oxygen atoms in total. The van der Waals surface area contributed by atoms with Gasteiger partial charge in [-0.3, -0.25) is 14.5 Å². The van der Waals surface area contributed by atoms with Gasteiger partial charge in [-0.1, -0.05) is 97.9 Å². The lowest BCUT2D eigenvalue weighted by atomic mass is 10.0. The summed E-state index contributed by atoms with van der Waals surface area (Å²) in [7, 11) is 0. The van der Waals surface area contributed by atoms with Gasteiger partial charge in [0.15, 0.2) is 0 Å². The lowest BCUT2D eigenvalue weighted by Crippen LogP contribution is -2.56. The van der Waals surface area contributed by atoms with Gasteiger partial charge < -0.3 is 9.80 Å². The number of nitrogens with zero attached hydrogens (tertiary/aromatic N) is 3. The van der Waals surface area contributed by atoms with Gasteiger partial charge in [0.25, 0.3) is 0 Å². The maximum atomic E-state index is 14.4. The van der Waals surface area contributed by atoms with Crippen molar-refractivity contribution >= 4 is 17.9 Å². The molecule has 0 N–H and O–H groups in total. The molecule has 1 aliphatic heterocycles. The highest BCUT2D eigenvalue weighted by atomic mass is 19.4. The fraction of sp³-hybridized carbons (Fsp3) is 0.282. The molecular weight excluding hydrogens is 618 g/mol. The van der Waals surface area contributed by atoms with E-state index in [1.807, 2.05) is 84.6 Å². The Bertz CT molecular complexity index is 1680. The summed E-state index contributed by atoms with van der Waals surface area (Å²) in [6.07, 6.45) is -1.23. The summed E-state index contributed by atoms with van der Waals surface area (Å²) < 4.78 is 53.6. The van der Waals surface area contributed by atoms with Crippen molar-refractivity contribution in [2.45, 2.75) is 45.1 Å². The van der Waals surface area contributed by atoms with E-state index in [9.17, 15) is 27.2 Å². The van der Waals surface area contributed by atoms with Crippen LogP contribution in [0.4, 0.5) is 17.6 Å². The molecule has 1 aliphatic rings. The van der Waals surface area contributed by atoms with Gasteiger partial charge in [-0.25, -0.2) is 4.39 Å². The molecule has 4 aromatic carbocycles. The molecule has 0 aliphatic carbocycles. The van der Waals surface area contributed by atoms with Crippen LogP contribution in [0, 0.1) is 5.82 Å². The van der Waals surface area contributed by atoms with Gasteiger partial charge in [-0.15, -0.1) is 0 Å². The van der Waals surface area contributed by atoms with Crippen molar-refractivity contribution in [1.29, 1.82) is 0 Å². The van der Waals surface area contributed by atoms with Crippen LogP contribution in [-0.4, -0.2) is 58.7 Å². The van der Waals surface area contributed by atoms with Crippen molar-refractivity contribution in [3.63, 3.8) is 0 Å². The average Bonchev–Trinajstić information content (AvgIpc) is 3.09. The molecule has 5 rings (SSSR count). The second-order valence-electron chi connectivity index (χ2n) is 12.0. The first-order valence-corrected chi connectivity index (χ1v) is 16.1. The molecule has 0 aromatic heterocycles. The third-order valence-electron chi connectivity index (χ3n) is 8.65. The van der Waals surface area contributed by atoms with Crippen molar-refractivity contribution in [3.05, 3.63) is 148 Å². The van der Waals surface area contributed by atoms with E-state index in [1.165, 1.54) is 22.6 Å². The maximum Gasteiger partial charge on any atom is 0.419 e. The van der Waals surface area contributed by atoms with Crippen LogP contribution in [0.1, 0.15) is 40.3 Å². The van der Waals surface area contributed by atoms with E-state index in [0.717, 1.165) is 41.8 Å². The second-order valence-corrected chi connectivity index (χ2v) is 12.0. The number of aryl methyl sites for hydroxylation is 1. The van der Waals surface area contributed by atoms with Crippen LogP contribution in [0.5, 0.6) is 0 Å². The molecular formula is C39H39F4N3O2. The Hall–Kier alpha value is -4.76. The largest absolute Gasteiger partial charge is 0.419 e. The Morgan fingerprint density at radius 2 is 1.40 bits per heavy atom. The Morgan fingerprint density at radius 3 is 1.98 bits per heavy atom. The molecule has 0 bridgehead atoms. The Labute approximate surface area is 279 Å². The summed E-state index contributed by atoms with van der Waals surface area (Å²) in [5.41, 5.74) is 2.76. The number of amides is 2. The molecule has 1 fully saturated rings. The fourth-order valence-electron chi connectivity index (χ4n) is 5.89. The average molecular weight is 658 g/mol. The third kappa shape index (κ3) is 9.19. The number of carbonyl (C=O) groups is 2. The minimum Gasteiger partial charge on any atom is -0.338 e. The van der Waals surface area contributed by atoms with Gasteiger partial charge in [0.05, 0.1) is 5.56 Å². The van der Waals surface area contributed by atoms with Crippen LogP contribution >= 0.6 is 0 Å². The van der Waals surface area contributed by atoms with E-state index in [0.29, 0.717) is 32.2 Å². The Kier molecular flexibility index (Phi) is 11.4. The first-order chi connectivity index (χ1) is 23.1. The van der Waals surface area contributed by atoms with Crippen LogP contribution in [0.3, 0.4) is 0 Å². The molecule has 0 spiro atoms. The highest BCUT2D eigenvalue weighted by Gasteiger charge is 2.35. The smallest absolute Gasteiger partial charge is 0.338 e. The van der Waals surface area contributed by atoms with Gasteiger partial charge in [-0.05, 0) is 52.4 Å². The number of alkyl halides is 3. The lowest BCUT2D eigenvalue weighted by molar-refractivity contribution is -0.145. The van der Waals surface area contributed by atoms with E-state index >= 15 is 0 Å². The molecule has 0 radical (unpaired) electrons. The monoisotopic (exact) mass is 657 g/mol. The number of carbonyl (C=O) groups excluding carboxylic acids is 2. The molecule has 1 saturated heterocycles. The molecule has 48 heavy (non-hydrogen) atoms. The number of hydrogen-bond donors (Lipinski definition) is 0. The molecule has 250 valence electrons. The molecule has 0 saturated carbocycles. The number of piperazine rings is 1. The minimum absolute atomic E-state index is 0.0987. The summed E-state index contributed by atoms with van der Waals surface area (Å²) in [5.74, 6) is -2.11. The second kappa shape index (κ2) is 15.9. The predicted molar refractivity (Wildman–Crippen MR) is 179 cm³/mol. The summed E-state index contributed by atoms with van der Waals surface area (Å²) in [6.45, 7) is 5.34. The maximum absolute atomic E-state index is 14.4. The summed E-state index contributed by atoms with van der Waals surface area (Å²) >= 11 is 0. The van der Waals surface area contributed by atoms with E-state index in [4.69, 9.17) is 0 Å². The predicted octanol–water partition coefficient (Wildman–Crippen LogP) is 7.40. The van der Waals surface area contributed by atoms with Crippen molar-refractivity contribution in [2.24, 2.45) is 0 Å². The topological polar surface area (TPSA) is 43.9 Å². The van der Waals surface area contributed by atoms with Crippen molar-refractivity contribution in [3.8, 4) is 0 Å². The SMILES string of the molecule is CCc1ccc(CN(C(=O)/C=C/c2ccc(C(F)(F)F)c(F)c2)[C@@H](Cc2ccccc2)C(=O)N2CCN(Cc3ccccc3)CC2)cc1. The lowest BCUT2D eigenvalue weighted by Gasteiger charge is -2.39. The number of benzene rings is 4. The molecule has 9 heteroatoms. The fourth-order valence-corrected chi connectivity index (χ4v) is 5.89. The number of hydrogen-bond acceptors (Lipinski definition) is 3. The highest BCUT2D eigenvalue weighted by molar-refractivity contribution is 5.95. The Morgan fingerprint density at radius 1 is 0.792 bits per heavy atom. The quantitative estimate of drug-likeness (QED) is 0.125. The van der Waals surface area contributed by atoms with E-state index in [-0.39, 0.29) is 24.4 Å². The Balaban J connectivity index is 1.42. The molecule has 0 unspecified atom stereocenters. The van der Waals surface area contributed by atoms with Crippen LogP contribution in [-0.2, 0) is 41.7 Å². The zero-order valence-corrected chi connectivity index (χ0v) is 26.9. The molecule has 2 amide bonds. The van der Waals surface area contributed by atoms with Crippen molar-refractivity contribution in [1.82, 2.24) is 14.7 Å². The van der Waals surface area contributed by atoms with Crippen molar-refractivity contribution in [2.75, 3.05) is 26.2 Å². The van der Waals surface area contributed by atoms with Crippen LogP contribution in [0.25, 0.3) is 6.08 Å².